The number of aliphatic carboxylic acids is 1. The molecule has 0 amide bonds. The third-order valence-electron chi connectivity index (χ3n) is 23.7. The Bertz CT molecular complexity index is 3210. The van der Waals surface area contributed by atoms with Gasteiger partial charge in [-0.25, -0.2) is 17.6 Å². The standard InChI is InChI=1S/C33H37F2NO5S.C29H33F2NO4.C4H6O2S/c1-30-10-8-21(37)13-24(30)25(34)14-23-22-12-20-17-36(16-19-6-4-3-5-7-19)18-32(20,29(40)42-26-9-11-41-28(26)39)31(22,2)15-27(38)33(23,30)35;1-26-9-8-19(33)11-22(26)23(30)12-21-20-10-18-15-32(14-17-6-4-3-5-7-17)16-28(18,25(35)36)27(20,2)13-24(34)29(21,26)31;5-4-3(7)1-2-6-4/h3-8,10,13,20,22-23,25-27,38H,9,11-12,14-18H2,1-2H3;3-9,11,18,20-21,23-24,34H,10,12-16H2,1-2H3,(H,35,36);3,7H,1-2H2/t20-,22-,23-,25-,26?,27-,30-,31-,32+,33-;18-,20-,21-,23-,24-,26-,27-,28+,29-;/m00./s1. The minimum atomic E-state index is -2.18. The SMILES string of the molecule is C[C@]12C=CC(=O)C=C1[C@@H](F)C[C@H]1[C@@H]3C[C@H]4CN(Cc5ccccc5)C[C@@]4(C(=O)O)[C@@]3(C)C[C@H](O)[C@@]12F.C[C@]12C=CC(=O)C=C1[C@@H](F)C[C@H]1[C@@H]3C[C@H]4CN(Cc5ccccc5)C[C@@]4(C(=O)SC4CCOC4=O)[C@@]3(C)C[C@H](O)[C@@]12F.O=C1OCCC1S. The Balaban J connectivity index is 0.000000151. The van der Waals surface area contributed by atoms with E-state index in [1.165, 1.54) is 36.5 Å². The van der Waals surface area contributed by atoms with Crippen LogP contribution in [0, 0.1) is 68.0 Å². The maximum atomic E-state index is 17.7. The average molecular weight is 1210 g/mol. The molecule has 20 atom stereocenters. The number of likely N-dealkylation sites (tertiary alicyclic amines) is 2. The number of esters is 2. The quantitative estimate of drug-likeness (QED) is 0.117. The number of cyclic esters (lactones) is 2. The molecule has 4 aliphatic heterocycles. The normalized spacial score (nSPS) is 45.4. The van der Waals surface area contributed by atoms with Crippen molar-refractivity contribution in [1.82, 2.24) is 9.80 Å². The number of aliphatic hydroxyl groups is 2. The summed E-state index contributed by atoms with van der Waals surface area (Å²) in [6.07, 6.45) is 3.88. The fourth-order valence-corrected chi connectivity index (χ4v) is 21.2. The number of aliphatic hydroxyl groups excluding tert-OH is 2. The van der Waals surface area contributed by atoms with E-state index in [0.29, 0.717) is 65.1 Å². The van der Waals surface area contributed by atoms with Crippen LogP contribution >= 0.6 is 24.4 Å². The zero-order valence-corrected chi connectivity index (χ0v) is 50.1. The van der Waals surface area contributed by atoms with Crippen molar-refractivity contribution < 1.29 is 71.1 Å². The van der Waals surface area contributed by atoms with Crippen LogP contribution < -0.4 is 0 Å². The highest BCUT2D eigenvalue weighted by atomic mass is 32.2. The minimum absolute atomic E-state index is 0.00570. The number of thiol groups is 1. The van der Waals surface area contributed by atoms with Gasteiger partial charge >= 0.3 is 17.9 Å². The lowest BCUT2D eigenvalue weighted by molar-refractivity contribution is -0.215. The number of carboxylic acid groups (broad SMARTS) is 1. The van der Waals surface area contributed by atoms with E-state index in [2.05, 4.69) is 39.3 Å². The summed E-state index contributed by atoms with van der Waals surface area (Å²) in [5, 5.41) is 33.2. The van der Waals surface area contributed by atoms with Gasteiger partial charge in [0.2, 0.25) is 0 Å². The maximum Gasteiger partial charge on any atom is 0.319 e. The first-order valence-electron chi connectivity index (χ1n) is 30.1. The molecule has 3 N–H and O–H groups in total. The summed E-state index contributed by atoms with van der Waals surface area (Å²) in [6, 6.07) is 19.9. The second kappa shape index (κ2) is 21.4. The number of benzene rings is 2. The molecule has 2 aromatic rings. The predicted octanol–water partition coefficient (Wildman–Crippen LogP) is 8.96. The number of fused-ring (bicyclic) bond motifs is 14. The van der Waals surface area contributed by atoms with E-state index in [-0.39, 0.29) is 101 Å². The number of carbonyl (C=O) groups excluding carboxylic acids is 5. The lowest BCUT2D eigenvalue weighted by Crippen LogP contribution is -2.69. The molecule has 10 fully saturated rings. The van der Waals surface area contributed by atoms with Crippen LogP contribution in [0.2, 0.25) is 0 Å². The summed E-state index contributed by atoms with van der Waals surface area (Å²) in [7, 11) is 0. The molecule has 19 heteroatoms. The monoisotopic (exact) mass is 1210 g/mol. The lowest BCUT2D eigenvalue weighted by Gasteiger charge is -2.63. The first-order valence-corrected chi connectivity index (χ1v) is 31.5. The highest BCUT2D eigenvalue weighted by molar-refractivity contribution is 8.14. The number of hydrogen-bond donors (Lipinski definition) is 4. The van der Waals surface area contributed by atoms with Crippen LogP contribution in [-0.2, 0) is 51.3 Å². The minimum Gasteiger partial charge on any atom is -0.481 e. The molecule has 6 saturated carbocycles. The number of nitrogens with zero attached hydrogens (tertiary/aromatic N) is 2. The van der Waals surface area contributed by atoms with Crippen LogP contribution in [0.4, 0.5) is 17.6 Å². The Hall–Kier alpha value is -4.92. The number of carboxylic acids is 1. The molecule has 85 heavy (non-hydrogen) atoms. The number of halogens is 4. The summed E-state index contributed by atoms with van der Waals surface area (Å²) in [4.78, 5) is 78.9. The second-order valence-corrected chi connectivity index (χ2v) is 29.3. The van der Waals surface area contributed by atoms with Crippen LogP contribution in [-0.4, -0.2) is 145 Å². The van der Waals surface area contributed by atoms with E-state index in [0.717, 1.165) is 29.3 Å². The fourth-order valence-electron chi connectivity index (χ4n) is 19.7. The maximum absolute atomic E-state index is 17.7. The van der Waals surface area contributed by atoms with Gasteiger partial charge in [0.05, 0.1) is 36.3 Å². The number of ether oxygens (including phenoxy) is 2. The molecule has 14 rings (SSSR count). The first kappa shape index (κ1) is 60.4. The van der Waals surface area contributed by atoms with Crippen molar-refractivity contribution in [2.45, 2.75) is 139 Å². The predicted molar refractivity (Wildman–Crippen MR) is 311 cm³/mol. The molecular weight excluding hydrogens is 1140 g/mol. The Morgan fingerprint density at radius 1 is 0.635 bits per heavy atom. The fraction of sp³-hybridized carbons (Fsp3) is 0.606. The zero-order valence-electron chi connectivity index (χ0n) is 48.3. The number of alkyl halides is 4. The largest absolute Gasteiger partial charge is 0.481 e. The molecule has 4 saturated heterocycles. The van der Waals surface area contributed by atoms with Crippen LogP contribution in [0.5, 0.6) is 0 Å². The van der Waals surface area contributed by atoms with Gasteiger partial charge in [-0.1, -0.05) is 98.4 Å². The van der Waals surface area contributed by atoms with Gasteiger partial charge in [0.25, 0.3) is 0 Å². The van der Waals surface area contributed by atoms with Crippen LogP contribution in [0.15, 0.2) is 108 Å². The number of rotatable bonds is 7. The van der Waals surface area contributed by atoms with Crippen molar-refractivity contribution in [3.63, 3.8) is 0 Å². The van der Waals surface area contributed by atoms with E-state index in [9.17, 15) is 44.1 Å². The van der Waals surface area contributed by atoms with Crippen molar-refractivity contribution >= 4 is 59.0 Å². The van der Waals surface area contributed by atoms with Gasteiger partial charge in [0.15, 0.2) is 28.0 Å². The van der Waals surface area contributed by atoms with Crippen LogP contribution in [0.1, 0.15) is 90.2 Å². The van der Waals surface area contributed by atoms with Gasteiger partial charge in [0, 0.05) is 74.8 Å². The molecular formula is C66H76F4N2O11S2. The third kappa shape index (κ3) is 8.80. The van der Waals surface area contributed by atoms with Crippen LogP contribution in [0.25, 0.3) is 0 Å². The van der Waals surface area contributed by atoms with E-state index < -0.39 is 91.4 Å². The van der Waals surface area contributed by atoms with Gasteiger partial charge in [0.1, 0.15) is 22.8 Å². The highest BCUT2D eigenvalue weighted by Gasteiger charge is 2.80. The van der Waals surface area contributed by atoms with Crippen LogP contribution in [0.3, 0.4) is 0 Å². The number of thioether (sulfide) groups is 1. The van der Waals surface area contributed by atoms with E-state index >= 15 is 17.6 Å². The van der Waals surface area contributed by atoms with E-state index in [1.807, 2.05) is 62.4 Å². The Labute approximate surface area is 502 Å². The first-order chi connectivity index (χ1) is 40.2. The third-order valence-corrected chi connectivity index (χ3v) is 25.5. The van der Waals surface area contributed by atoms with Gasteiger partial charge in [-0.05, 0) is 133 Å². The van der Waals surface area contributed by atoms with Crippen molar-refractivity contribution in [2.75, 3.05) is 39.4 Å². The molecule has 456 valence electrons. The number of hydrogen-bond acceptors (Lipinski definition) is 14. The molecule has 0 spiro atoms. The topological polar surface area (TPSA) is 188 Å². The number of allylic oxidation sites excluding steroid dienone is 8. The smallest absolute Gasteiger partial charge is 0.319 e. The highest BCUT2D eigenvalue weighted by Crippen LogP contribution is 2.77. The molecule has 4 heterocycles. The molecule has 0 bridgehead atoms. The average Bonchev–Trinajstić information content (AvgIpc) is 1.66. The summed E-state index contributed by atoms with van der Waals surface area (Å²) in [6.45, 7) is 11.1. The van der Waals surface area contributed by atoms with E-state index in [1.54, 1.807) is 13.8 Å². The van der Waals surface area contributed by atoms with E-state index in [4.69, 9.17) is 4.74 Å². The van der Waals surface area contributed by atoms with Crippen molar-refractivity contribution in [1.29, 1.82) is 0 Å². The Kier molecular flexibility index (Phi) is 15.2. The number of ketones is 2. The summed E-state index contributed by atoms with van der Waals surface area (Å²) >= 11 is 4.96. The van der Waals surface area contributed by atoms with Gasteiger partial charge in [-0.15, -0.1) is 0 Å². The molecule has 2 aromatic carbocycles. The molecule has 8 aliphatic carbocycles. The molecule has 0 aromatic heterocycles. The molecule has 13 nitrogen and oxygen atoms in total. The Morgan fingerprint density at radius 3 is 1.48 bits per heavy atom. The number of carbonyl (C=O) groups is 6. The lowest BCUT2D eigenvalue weighted by atomic mass is 9.43. The molecule has 0 radical (unpaired) electrons. The zero-order chi connectivity index (χ0) is 60.6. The van der Waals surface area contributed by atoms with Gasteiger partial charge < -0.3 is 24.8 Å². The summed E-state index contributed by atoms with van der Waals surface area (Å²) in [5.74, 6) is -4.96. The van der Waals surface area contributed by atoms with Gasteiger partial charge in [-0.3, -0.25) is 38.6 Å². The summed E-state index contributed by atoms with van der Waals surface area (Å²) in [5.41, 5.74) is -8.63. The molecule has 2 unspecified atom stereocenters. The second-order valence-electron chi connectivity index (χ2n) is 27.5. The summed E-state index contributed by atoms with van der Waals surface area (Å²) < 4.78 is 76.3. The van der Waals surface area contributed by atoms with Crippen molar-refractivity contribution in [3.05, 3.63) is 119 Å². The van der Waals surface area contributed by atoms with Gasteiger partial charge in [-0.2, -0.15) is 12.6 Å². The Morgan fingerprint density at radius 2 is 1.07 bits per heavy atom. The van der Waals surface area contributed by atoms with Crippen molar-refractivity contribution in [3.8, 4) is 0 Å². The van der Waals surface area contributed by atoms with Crippen molar-refractivity contribution in [2.24, 2.45) is 68.0 Å². The molecule has 12 aliphatic rings.